The highest BCUT2D eigenvalue weighted by atomic mass is 15.0. The second kappa shape index (κ2) is 5.87. The van der Waals surface area contributed by atoms with E-state index in [0.29, 0.717) is 5.56 Å². The van der Waals surface area contributed by atoms with Crippen molar-refractivity contribution < 1.29 is 0 Å². The van der Waals surface area contributed by atoms with E-state index in [-0.39, 0.29) is 0 Å². The minimum absolute atomic E-state index is 0.669. The molecule has 22 heavy (non-hydrogen) atoms. The molecule has 3 heteroatoms. The molecular weight excluding hydrogens is 270 g/mol. The number of nitrogens with zero attached hydrogens (tertiary/aromatic N) is 3. The van der Waals surface area contributed by atoms with E-state index in [4.69, 9.17) is 5.26 Å². The van der Waals surface area contributed by atoms with Crippen molar-refractivity contribution in [2.24, 2.45) is 0 Å². The maximum absolute atomic E-state index is 8.93. The van der Waals surface area contributed by atoms with Crippen molar-refractivity contribution >= 4 is 17.1 Å². The first-order valence-corrected chi connectivity index (χ1v) is 7.38. The predicted molar refractivity (Wildman–Crippen MR) is 89.8 cm³/mol. The number of hydrogen-bond donors (Lipinski definition) is 0. The van der Waals surface area contributed by atoms with Gasteiger partial charge < -0.3 is 4.57 Å². The predicted octanol–water partition coefficient (Wildman–Crippen LogP) is 4.63. The number of nitriles is 1. The van der Waals surface area contributed by atoms with E-state index in [1.54, 1.807) is 0 Å². The second-order valence-electron chi connectivity index (χ2n) is 5.26. The summed E-state index contributed by atoms with van der Waals surface area (Å²) in [6.07, 6.45) is 7.13. The molecule has 0 aliphatic heterocycles. The normalized spacial score (nSPS) is 11.1. The average Bonchev–Trinajstić information content (AvgIpc) is 2.88. The highest BCUT2D eigenvalue weighted by Gasteiger charge is 2.09. The van der Waals surface area contributed by atoms with Gasteiger partial charge in [0.2, 0.25) is 0 Å². The molecule has 0 aliphatic carbocycles. The van der Waals surface area contributed by atoms with Gasteiger partial charge in [-0.25, -0.2) is 0 Å². The number of hydrogen-bond acceptors (Lipinski definition) is 2. The van der Waals surface area contributed by atoms with Crippen molar-refractivity contribution in [1.82, 2.24) is 9.55 Å². The van der Waals surface area contributed by atoms with Crippen LogP contribution in [0, 0.1) is 18.3 Å². The third-order valence-corrected chi connectivity index (χ3v) is 3.66. The van der Waals surface area contributed by atoms with Gasteiger partial charge in [0.05, 0.1) is 22.7 Å². The summed E-state index contributed by atoms with van der Waals surface area (Å²) in [6, 6.07) is 14.0. The lowest BCUT2D eigenvalue weighted by atomic mass is 10.2. The molecule has 1 aromatic carbocycles. The lowest BCUT2D eigenvalue weighted by Crippen LogP contribution is -1.96. The molecule has 2 aromatic heterocycles. The molecule has 0 spiro atoms. The Morgan fingerprint density at radius 2 is 2.00 bits per heavy atom. The zero-order chi connectivity index (χ0) is 15.5. The molecule has 3 aromatic rings. The van der Waals surface area contributed by atoms with E-state index in [1.807, 2.05) is 30.5 Å². The monoisotopic (exact) mass is 287 g/mol. The number of benzene rings is 1. The topological polar surface area (TPSA) is 41.6 Å². The molecule has 0 N–H and O–H groups in total. The third kappa shape index (κ3) is 2.51. The highest BCUT2D eigenvalue weighted by molar-refractivity contribution is 5.81. The molecule has 0 radical (unpaired) electrons. The summed E-state index contributed by atoms with van der Waals surface area (Å²) < 4.78 is 2.17. The largest absolute Gasteiger partial charge is 0.312 e. The van der Waals surface area contributed by atoms with Crippen molar-refractivity contribution in [1.29, 1.82) is 5.26 Å². The van der Waals surface area contributed by atoms with Crippen LogP contribution in [-0.4, -0.2) is 9.55 Å². The fourth-order valence-electron chi connectivity index (χ4n) is 2.59. The van der Waals surface area contributed by atoms with Crippen LogP contribution in [-0.2, 0) is 0 Å². The molecule has 3 nitrogen and oxygen atoms in total. The van der Waals surface area contributed by atoms with Crippen LogP contribution in [0.25, 0.3) is 22.8 Å². The van der Waals surface area contributed by atoms with Crippen molar-refractivity contribution in [3.05, 3.63) is 65.5 Å². The van der Waals surface area contributed by atoms with Crippen molar-refractivity contribution in [3.63, 3.8) is 0 Å². The first-order valence-electron chi connectivity index (χ1n) is 7.38. The number of rotatable bonds is 3. The van der Waals surface area contributed by atoms with E-state index in [1.165, 1.54) is 0 Å². The number of allylic oxidation sites excluding steroid dienone is 1. The molecule has 3 rings (SSSR count). The van der Waals surface area contributed by atoms with Crippen LogP contribution in [0.5, 0.6) is 0 Å². The van der Waals surface area contributed by atoms with Crippen LogP contribution in [0.4, 0.5) is 0 Å². The fraction of sp³-hybridized carbons (Fsp3) is 0.158. The standard InChI is InChI=1S/C19H17N3/c1-3-4-5-16-11-19-18(21-13-16)10-14(2)22(19)17-8-6-15(12-20)7-9-17/h4-11,13H,3H2,1-2H3/b5-4+. The molecular formula is C19H17N3. The highest BCUT2D eigenvalue weighted by Crippen LogP contribution is 2.24. The Labute approximate surface area is 130 Å². The van der Waals surface area contributed by atoms with E-state index in [2.05, 4.69) is 53.8 Å². The Kier molecular flexibility index (Phi) is 3.76. The summed E-state index contributed by atoms with van der Waals surface area (Å²) in [5, 5.41) is 8.93. The van der Waals surface area contributed by atoms with Crippen LogP contribution in [0.2, 0.25) is 0 Å². The number of pyridine rings is 1. The molecule has 0 aliphatic rings. The Morgan fingerprint density at radius 3 is 2.68 bits per heavy atom. The van der Waals surface area contributed by atoms with Crippen molar-refractivity contribution in [2.45, 2.75) is 20.3 Å². The zero-order valence-electron chi connectivity index (χ0n) is 12.7. The fourth-order valence-corrected chi connectivity index (χ4v) is 2.59. The summed E-state index contributed by atoms with van der Waals surface area (Å²) in [5.41, 5.74) is 6.01. The van der Waals surface area contributed by atoms with Crippen molar-refractivity contribution in [3.8, 4) is 11.8 Å². The van der Waals surface area contributed by atoms with Crippen LogP contribution < -0.4 is 0 Å². The van der Waals surface area contributed by atoms with Gasteiger partial charge in [-0.2, -0.15) is 5.26 Å². The Hall–Kier alpha value is -2.86. The second-order valence-corrected chi connectivity index (χ2v) is 5.26. The Bertz CT molecular complexity index is 877. The lowest BCUT2D eigenvalue weighted by Gasteiger charge is -2.08. The summed E-state index contributed by atoms with van der Waals surface area (Å²) in [7, 11) is 0. The summed E-state index contributed by atoms with van der Waals surface area (Å²) in [5.74, 6) is 0. The average molecular weight is 287 g/mol. The van der Waals surface area contributed by atoms with Crippen molar-refractivity contribution in [2.75, 3.05) is 0 Å². The van der Waals surface area contributed by atoms with E-state index < -0.39 is 0 Å². The van der Waals surface area contributed by atoms with E-state index in [9.17, 15) is 0 Å². The van der Waals surface area contributed by atoms with E-state index in [0.717, 1.165) is 34.4 Å². The van der Waals surface area contributed by atoms with Crippen LogP contribution in [0.3, 0.4) is 0 Å². The van der Waals surface area contributed by atoms with E-state index >= 15 is 0 Å². The summed E-state index contributed by atoms with van der Waals surface area (Å²) in [4.78, 5) is 4.55. The molecule has 0 fully saturated rings. The molecule has 0 unspecified atom stereocenters. The summed E-state index contributed by atoms with van der Waals surface area (Å²) in [6.45, 7) is 4.19. The minimum Gasteiger partial charge on any atom is -0.312 e. The van der Waals surface area contributed by atoms with Crippen LogP contribution in [0.15, 0.2) is 48.7 Å². The molecule has 2 heterocycles. The van der Waals surface area contributed by atoms with Gasteiger partial charge in [0.1, 0.15) is 0 Å². The Morgan fingerprint density at radius 1 is 1.23 bits per heavy atom. The molecule has 0 bridgehead atoms. The number of fused-ring (bicyclic) bond motifs is 1. The maximum atomic E-state index is 8.93. The smallest absolute Gasteiger partial charge is 0.0991 e. The molecule has 0 saturated heterocycles. The molecule has 108 valence electrons. The Balaban J connectivity index is 2.16. The van der Waals surface area contributed by atoms with Crippen LogP contribution in [0.1, 0.15) is 30.2 Å². The first kappa shape index (κ1) is 14.1. The molecule has 0 amide bonds. The maximum Gasteiger partial charge on any atom is 0.0991 e. The quantitative estimate of drug-likeness (QED) is 0.704. The molecule has 0 saturated carbocycles. The van der Waals surface area contributed by atoms with Gasteiger partial charge >= 0.3 is 0 Å². The minimum atomic E-state index is 0.669. The van der Waals surface area contributed by atoms with Gasteiger partial charge in [0.15, 0.2) is 0 Å². The number of aryl methyl sites for hydroxylation is 1. The van der Waals surface area contributed by atoms with Gasteiger partial charge in [-0.1, -0.05) is 19.1 Å². The lowest BCUT2D eigenvalue weighted by molar-refractivity contribution is 1.05. The van der Waals surface area contributed by atoms with Gasteiger partial charge in [-0.05, 0) is 55.3 Å². The van der Waals surface area contributed by atoms with Gasteiger partial charge in [-0.3, -0.25) is 4.98 Å². The molecule has 0 atom stereocenters. The van der Waals surface area contributed by atoms with Gasteiger partial charge in [0, 0.05) is 17.6 Å². The van der Waals surface area contributed by atoms with Gasteiger partial charge in [0.25, 0.3) is 0 Å². The zero-order valence-corrected chi connectivity index (χ0v) is 12.7. The van der Waals surface area contributed by atoms with Crippen LogP contribution >= 0.6 is 0 Å². The number of aromatic nitrogens is 2. The SMILES string of the molecule is CC/C=C/c1cnc2cc(C)n(-c3ccc(C#N)cc3)c2c1. The third-order valence-electron chi connectivity index (χ3n) is 3.66. The summed E-state index contributed by atoms with van der Waals surface area (Å²) >= 11 is 0. The first-order chi connectivity index (χ1) is 10.7. The van der Waals surface area contributed by atoms with Gasteiger partial charge in [-0.15, -0.1) is 0 Å².